The summed E-state index contributed by atoms with van der Waals surface area (Å²) < 4.78 is 0. The highest BCUT2D eigenvalue weighted by Crippen LogP contribution is 2.26. The van der Waals surface area contributed by atoms with E-state index in [9.17, 15) is 0 Å². The number of rotatable bonds is 2. The molecule has 0 amide bonds. The molecule has 0 unspecified atom stereocenters. The van der Waals surface area contributed by atoms with Crippen molar-refractivity contribution >= 4 is 29.3 Å². The zero-order chi connectivity index (χ0) is 13.3. The number of hydrogen-bond donors (Lipinski definition) is 1. The third kappa shape index (κ3) is 2.88. The lowest BCUT2D eigenvalue weighted by Crippen LogP contribution is -1.99. The van der Waals surface area contributed by atoms with Crippen molar-refractivity contribution in [3.8, 4) is 0 Å². The van der Waals surface area contributed by atoms with E-state index in [1.54, 1.807) is 6.07 Å². The summed E-state index contributed by atoms with van der Waals surface area (Å²) in [5, 5.41) is 1.57. The van der Waals surface area contributed by atoms with Gasteiger partial charge in [0.2, 0.25) is 5.95 Å². The molecular formula is C11H12ClN5S. The van der Waals surface area contributed by atoms with Crippen molar-refractivity contribution in [3.63, 3.8) is 0 Å². The number of anilines is 1. The quantitative estimate of drug-likeness (QED) is 0.673. The highest BCUT2D eigenvalue weighted by Gasteiger charge is 2.08. The molecule has 0 aromatic carbocycles. The molecule has 2 N–H and O–H groups in total. The monoisotopic (exact) mass is 281 g/mol. The number of nitrogens with zero attached hydrogens (tertiary/aromatic N) is 4. The van der Waals surface area contributed by atoms with Gasteiger partial charge in [0, 0.05) is 17.5 Å². The van der Waals surface area contributed by atoms with Crippen molar-refractivity contribution in [1.82, 2.24) is 19.9 Å². The molecule has 5 nitrogen and oxygen atoms in total. The molecule has 0 aliphatic rings. The first kappa shape index (κ1) is 13.0. The highest BCUT2D eigenvalue weighted by molar-refractivity contribution is 7.99. The summed E-state index contributed by atoms with van der Waals surface area (Å²) in [7, 11) is 0. The molecule has 0 atom stereocenters. The Morgan fingerprint density at radius 3 is 2.22 bits per heavy atom. The van der Waals surface area contributed by atoms with Crippen LogP contribution in [0.15, 0.2) is 16.2 Å². The van der Waals surface area contributed by atoms with Crippen molar-refractivity contribution < 1.29 is 0 Å². The Labute approximate surface area is 114 Å². The maximum atomic E-state index is 5.82. The predicted octanol–water partition coefficient (Wildman–Crippen LogP) is 2.58. The smallest absolute Gasteiger partial charge is 0.222 e. The lowest BCUT2D eigenvalue weighted by molar-refractivity contribution is 0.877. The number of hydrogen-bond acceptors (Lipinski definition) is 6. The van der Waals surface area contributed by atoms with Crippen LogP contribution in [0.3, 0.4) is 0 Å². The van der Waals surface area contributed by atoms with E-state index in [-0.39, 0.29) is 5.95 Å². The van der Waals surface area contributed by atoms with Crippen LogP contribution in [-0.4, -0.2) is 19.9 Å². The molecule has 0 bridgehead atoms. The zero-order valence-electron chi connectivity index (χ0n) is 10.2. The zero-order valence-corrected chi connectivity index (χ0v) is 11.8. The second-order valence-corrected chi connectivity index (χ2v) is 5.17. The van der Waals surface area contributed by atoms with Crippen LogP contribution in [0.25, 0.3) is 0 Å². The van der Waals surface area contributed by atoms with Crippen LogP contribution in [0, 0.1) is 20.8 Å². The normalized spacial score (nSPS) is 10.7. The first-order chi connectivity index (χ1) is 8.45. The molecule has 0 radical (unpaired) electrons. The van der Waals surface area contributed by atoms with Gasteiger partial charge in [0.1, 0.15) is 10.2 Å². The molecule has 7 heteroatoms. The fourth-order valence-electron chi connectivity index (χ4n) is 1.35. The van der Waals surface area contributed by atoms with Crippen LogP contribution >= 0.6 is 23.4 Å². The Bertz CT molecular complexity index is 559. The van der Waals surface area contributed by atoms with Gasteiger partial charge in [-0.05, 0) is 38.1 Å². The minimum absolute atomic E-state index is 0.144. The third-order valence-corrected chi connectivity index (χ3v) is 3.47. The fourth-order valence-corrected chi connectivity index (χ4v) is 2.46. The minimum Gasteiger partial charge on any atom is -0.368 e. The Morgan fingerprint density at radius 1 is 1.06 bits per heavy atom. The van der Waals surface area contributed by atoms with Gasteiger partial charge in [-0.3, -0.25) is 0 Å². The first-order valence-electron chi connectivity index (χ1n) is 5.25. The molecule has 2 rings (SSSR count). The van der Waals surface area contributed by atoms with Crippen LogP contribution in [0.2, 0.25) is 5.15 Å². The van der Waals surface area contributed by atoms with Gasteiger partial charge < -0.3 is 5.73 Å². The maximum Gasteiger partial charge on any atom is 0.222 e. The van der Waals surface area contributed by atoms with Crippen LogP contribution in [0.5, 0.6) is 0 Å². The topological polar surface area (TPSA) is 77.6 Å². The van der Waals surface area contributed by atoms with Gasteiger partial charge in [-0.1, -0.05) is 11.6 Å². The maximum absolute atomic E-state index is 5.82. The van der Waals surface area contributed by atoms with Crippen molar-refractivity contribution in [1.29, 1.82) is 0 Å². The molecule has 0 fully saturated rings. The number of aromatic nitrogens is 4. The molecule has 0 aliphatic carbocycles. The van der Waals surface area contributed by atoms with E-state index >= 15 is 0 Å². The number of nitrogen functional groups attached to an aromatic ring is 1. The van der Waals surface area contributed by atoms with Gasteiger partial charge in [0.05, 0.1) is 0 Å². The lowest BCUT2D eigenvalue weighted by atomic mass is 10.2. The second-order valence-electron chi connectivity index (χ2n) is 3.79. The number of aryl methyl sites for hydroxylation is 2. The molecule has 2 aromatic heterocycles. The summed E-state index contributed by atoms with van der Waals surface area (Å²) in [6.45, 7) is 5.91. The van der Waals surface area contributed by atoms with E-state index in [1.165, 1.54) is 11.8 Å². The molecule has 0 saturated carbocycles. The van der Waals surface area contributed by atoms with E-state index in [2.05, 4.69) is 19.9 Å². The Balaban J connectivity index is 2.34. The van der Waals surface area contributed by atoms with Crippen LogP contribution in [-0.2, 0) is 0 Å². The standard InChI is InChI=1S/C11H12ClN5S/c1-5-6(2)14-11(15-7(5)3)18-9-4-8(12)16-10(13)17-9/h4H,1-3H3,(H2,13,16,17). The average molecular weight is 282 g/mol. The van der Waals surface area contributed by atoms with Gasteiger partial charge in [-0.25, -0.2) is 19.9 Å². The van der Waals surface area contributed by atoms with E-state index < -0.39 is 0 Å². The van der Waals surface area contributed by atoms with Gasteiger partial charge in [0.15, 0.2) is 5.16 Å². The van der Waals surface area contributed by atoms with Gasteiger partial charge in [-0.15, -0.1) is 0 Å². The number of nitrogens with two attached hydrogens (primary N) is 1. The predicted molar refractivity (Wildman–Crippen MR) is 71.8 cm³/mol. The first-order valence-corrected chi connectivity index (χ1v) is 6.45. The summed E-state index contributed by atoms with van der Waals surface area (Å²) in [6, 6.07) is 1.64. The van der Waals surface area contributed by atoms with E-state index in [0.717, 1.165) is 17.0 Å². The van der Waals surface area contributed by atoms with Gasteiger partial charge in [-0.2, -0.15) is 0 Å². The summed E-state index contributed by atoms with van der Waals surface area (Å²) in [4.78, 5) is 16.7. The third-order valence-electron chi connectivity index (χ3n) is 2.50. The Kier molecular flexibility index (Phi) is 3.68. The summed E-state index contributed by atoms with van der Waals surface area (Å²) in [5.74, 6) is 0.144. The SMILES string of the molecule is Cc1nc(Sc2cc(Cl)nc(N)n2)nc(C)c1C. The molecule has 18 heavy (non-hydrogen) atoms. The Morgan fingerprint density at radius 2 is 1.67 bits per heavy atom. The van der Waals surface area contributed by atoms with Crippen LogP contribution in [0.4, 0.5) is 5.95 Å². The average Bonchev–Trinajstić information content (AvgIpc) is 2.24. The van der Waals surface area contributed by atoms with Crippen molar-refractivity contribution in [2.24, 2.45) is 0 Å². The lowest BCUT2D eigenvalue weighted by Gasteiger charge is -2.06. The summed E-state index contributed by atoms with van der Waals surface area (Å²) in [6.07, 6.45) is 0. The molecule has 2 heterocycles. The van der Waals surface area contributed by atoms with E-state index in [4.69, 9.17) is 17.3 Å². The van der Waals surface area contributed by atoms with E-state index in [0.29, 0.717) is 15.3 Å². The molecule has 0 spiro atoms. The van der Waals surface area contributed by atoms with Crippen molar-refractivity contribution in [2.75, 3.05) is 5.73 Å². The largest absolute Gasteiger partial charge is 0.368 e. The summed E-state index contributed by atoms with van der Waals surface area (Å²) in [5.41, 5.74) is 8.55. The fraction of sp³-hybridized carbons (Fsp3) is 0.273. The van der Waals surface area contributed by atoms with Gasteiger partial charge in [0.25, 0.3) is 0 Å². The molecule has 94 valence electrons. The molecular weight excluding hydrogens is 270 g/mol. The second kappa shape index (κ2) is 5.07. The van der Waals surface area contributed by atoms with Crippen LogP contribution in [0.1, 0.15) is 17.0 Å². The summed E-state index contributed by atoms with van der Waals surface area (Å²) >= 11 is 7.13. The van der Waals surface area contributed by atoms with Crippen LogP contribution < -0.4 is 5.73 Å². The van der Waals surface area contributed by atoms with Crippen molar-refractivity contribution in [3.05, 3.63) is 28.2 Å². The minimum atomic E-state index is 0.144. The number of halogens is 1. The Hall–Kier alpha value is -1.40. The van der Waals surface area contributed by atoms with E-state index in [1.807, 2.05) is 20.8 Å². The molecule has 2 aromatic rings. The van der Waals surface area contributed by atoms with Crippen molar-refractivity contribution in [2.45, 2.75) is 31.0 Å². The highest BCUT2D eigenvalue weighted by atomic mass is 35.5. The van der Waals surface area contributed by atoms with Gasteiger partial charge >= 0.3 is 0 Å². The molecule has 0 aliphatic heterocycles. The molecule has 0 saturated heterocycles.